The van der Waals surface area contributed by atoms with Crippen molar-refractivity contribution in [3.63, 3.8) is 0 Å². The Morgan fingerprint density at radius 3 is 2.62 bits per heavy atom. The van der Waals surface area contributed by atoms with E-state index in [9.17, 15) is 0 Å². The van der Waals surface area contributed by atoms with Crippen LogP contribution < -0.4 is 10.1 Å². The Labute approximate surface area is 126 Å². The molecule has 0 aliphatic rings. The van der Waals surface area contributed by atoms with Gasteiger partial charge in [0, 0.05) is 12.1 Å². The van der Waals surface area contributed by atoms with Crippen LogP contribution in [0.15, 0.2) is 36.4 Å². The molecule has 0 radical (unpaired) electrons. The standard InChI is InChI=1S/C18H22N2O/c1-13(2)11-20-12-17-16-7-5-4-6-15(16)8-9-18(17)21-14(3)10-19/h4-9,13-14,20H,11-12H2,1-3H3. The van der Waals surface area contributed by atoms with Crippen LogP contribution in [0.1, 0.15) is 26.3 Å². The predicted molar refractivity (Wildman–Crippen MR) is 86.2 cm³/mol. The average molecular weight is 282 g/mol. The van der Waals surface area contributed by atoms with Gasteiger partial charge in [0.25, 0.3) is 0 Å². The topological polar surface area (TPSA) is 45.0 Å². The number of hydrogen-bond acceptors (Lipinski definition) is 3. The van der Waals surface area contributed by atoms with Gasteiger partial charge in [-0.05, 0) is 36.2 Å². The number of rotatable bonds is 6. The van der Waals surface area contributed by atoms with Gasteiger partial charge in [0.05, 0.1) is 0 Å². The van der Waals surface area contributed by atoms with Gasteiger partial charge >= 0.3 is 0 Å². The number of nitrogens with one attached hydrogen (secondary N) is 1. The molecule has 1 unspecified atom stereocenters. The Hall–Kier alpha value is -2.05. The highest BCUT2D eigenvalue weighted by Crippen LogP contribution is 2.28. The van der Waals surface area contributed by atoms with E-state index in [1.165, 1.54) is 10.8 Å². The SMILES string of the molecule is CC(C)CNCc1c(OC(C)C#N)ccc2ccccc12. The van der Waals surface area contributed by atoms with E-state index >= 15 is 0 Å². The number of nitrogens with zero attached hydrogens (tertiary/aromatic N) is 1. The first kappa shape index (κ1) is 15.3. The Balaban J connectivity index is 2.35. The zero-order valence-electron chi connectivity index (χ0n) is 12.9. The summed E-state index contributed by atoms with van der Waals surface area (Å²) in [5.74, 6) is 1.39. The van der Waals surface area contributed by atoms with E-state index in [0.717, 1.165) is 24.4 Å². The summed E-state index contributed by atoms with van der Waals surface area (Å²) in [6.07, 6.45) is -0.449. The Bertz CT molecular complexity index is 643. The van der Waals surface area contributed by atoms with Crippen LogP contribution in [0.2, 0.25) is 0 Å². The molecule has 0 aromatic heterocycles. The summed E-state index contributed by atoms with van der Waals surface area (Å²) in [5, 5.41) is 14.8. The van der Waals surface area contributed by atoms with Crippen molar-refractivity contribution in [2.75, 3.05) is 6.54 Å². The molecule has 2 rings (SSSR count). The molecule has 0 amide bonds. The van der Waals surface area contributed by atoms with Crippen LogP contribution in [0, 0.1) is 17.2 Å². The fourth-order valence-corrected chi connectivity index (χ4v) is 2.31. The first-order valence-electron chi connectivity index (χ1n) is 7.39. The van der Waals surface area contributed by atoms with Gasteiger partial charge in [-0.2, -0.15) is 5.26 Å². The molecule has 110 valence electrons. The first-order valence-corrected chi connectivity index (χ1v) is 7.39. The van der Waals surface area contributed by atoms with Gasteiger partial charge in [-0.25, -0.2) is 0 Å². The highest BCUT2D eigenvalue weighted by molar-refractivity contribution is 5.87. The van der Waals surface area contributed by atoms with Crippen LogP contribution >= 0.6 is 0 Å². The van der Waals surface area contributed by atoms with Gasteiger partial charge in [-0.15, -0.1) is 0 Å². The maximum absolute atomic E-state index is 8.96. The predicted octanol–water partition coefficient (Wildman–Crippen LogP) is 3.88. The quantitative estimate of drug-likeness (QED) is 0.874. The molecule has 0 bridgehead atoms. The molecule has 0 heterocycles. The maximum atomic E-state index is 8.96. The van der Waals surface area contributed by atoms with Crippen LogP contribution in [0.5, 0.6) is 5.75 Å². The zero-order valence-corrected chi connectivity index (χ0v) is 12.9. The fraction of sp³-hybridized carbons (Fsp3) is 0.389. The summed E-state index contributed by atoms with van der Waals surface area (Å²) in [6.45, 7) is 7.83. The highest BCUT2D eigenvalue weighted by Gasteiger charge is 2.11. The highest BCUT2D eigenvalue weighted by atomic mass is 16.5. The van der Waals surface area contributed by atoms with Crippen molar-refractivity contribution in [3.8, 4) is 11.8 Å². The molecule has 0 aliphatic heterocycles. The third kappa shape index (κ3) is 3.96. The van der Waals surface area contributed by atoms with Crippen molar-refractivity contribution < 1.29 is 4.74 Å². The maximum Gasteiger partial charge on any atom is 0.181 e. The third-order valence-electron chi connectivity index (χ3n) is 3.34. The second kappa shape index (κ2) is 7.10. The van der Waals surface area contributed by atoms with Crippen molar-refractivity contribution in [1.82, 2.24) is 5.32 Å². The number of fused-ring (bicyclic) bond motifs is 1. The minimum atomic E-state index is -0.449. The van der Waals surface area contributed by atoms with Crippen molar-refractivity contribution >= 4 is 10.8 Å². The van der Waals surface area contributed by atoms with E-state index in [-0.39, 0.29) is 0 Å². The van der Waals surface area contributed by atoms with Gasteiger partial charge < -0.3 is 10.1 Å². The summed E-state index contributed by atoms with van der Waals surface area (Å²) < 4.78 is 5.76. The third-order valence-corrected chi connectivity index (χ3v) is 3.34. The number of nitriles is 1. The molecule has 2 aromatic rings. The molecule has 2 aromatic carbocycles. The van der Waals surface area contributed by atoms with Crippen molar-refractivity contribution in [3.05, 3.63) is 42.0 Å². The molecule has 1 atom stereocenters. The summed E-state index contributed by atoms with van der Waals surface area (Å²) in [5.41, 5.74) is 1.12. The van der Waals surface area contributed by atoms with Gasteiger partial charge in [-0.1, -0.05) is 44.2 Å². The van der Waals surface area contributed by atoms with Crippen molar-refractivity contribution in [2.24, 2.45) is 5.92 Å². The molecular weight excluding hydrogens is 260 g/mol. The first-order chi connectivity index (χ1) is 10.1. The van der Waals surface area contributed by atoms with Crippen LogP contribution in [0.4, 0.5) is 0 Å². The molecule has 0 fully saturated rings. The monoisotopic (exact) mass is 282 g/mol. The second-order valence-corrected chi connectivity index (χ2v) is 5.68. The van der Waals surface area contributed by atoms with Gasteiger partial charge in [0.15, 0.2) is 6.10 Å². The summed E-state index contributed by atoms with van der Waals surface area (Å²) in [4.78, 5) is 0. The molecule has 3 nitrogen and oxygen atoms in total. The Morgan fingerprint density at radius 1 is 1.14 bits per heavy atom. The number of ether oxygens (including phenoxy) is 1. The molecule has 0 aliphatic carbocycles. The molecule has 3 heteroatoms. The van der Waals surface area contributed by atoms with E-state index < -0.39 is 6.10 Å². The van der Waals surface area contributed by atoms with Crippen LogP contribution in [0.25, 0.3) is 10.8 Å². The van der Waals surface area contributed by atoms with Gasteiger partial charge in [0.1, 0.15) is 11.8 Å². The average Bonchev–Trinajstić information content (AvgIpc) is 2.48. The summed E-state index contributed by atoms with van der Waals surface area (Å²) >= 11 is 0. The lowest BCUT2D eigenvalue weighted by Crippen LogP contribution is -2.20. The Kier molecular flexibility index (Phi) is 5.19. The van der Waals surface area contributed by atoms with E-state index in [2.05, 4.69) is 37.4 Å². The lowest BCUT2D eigenvalue weighted by Gasteiger charge is -2.16. The summed E-state index contributed by atoms with van der Waals surface area (Å²) in [6, 6.07) is 14.4. The van der Waals surface area contributed by atoms with Crippen molar-refractivity contribution in [1.29, 1.82) is 5.26 Å². The lowest BCUT2D eigenvalue weighted by atomic mass is 10.0. The smallest absolute Gasteiger partial charge is 0.181 e. The van der Waals surface area contributed by atoms with Crippen LogP contribution in [-0.4, -0.2) is 12.6 Å². The zero-order chi connectivity index (χ0) is 15.2. The van der Waals surface area contributed by atoms with E-state index in [0.29, 0.717) is 5.92 Å². The van der Waals surface area contributed by atoms with Crippen LogP contribution in [0.3, 0.4) is 0 Å². The largest absolute Gasteiger partial charge is 0.476 e. The molecule has 21 heavy (non-hydrogen) atoms. The normalized spacial score (nSPS) is 12.3. The second-order valence-electron chi connectivity index (χ2n) is 5.68. The number of benzene rings is 2. The van der Waals surface area contributed by atoms with Crippen LogP contribution in [-0.2, 0) is 6.54 Å². The van der Waals surface area contributed by atoms with Gasteiger partial charge in [-0.3, -0.25) is 0 Å². The Morgan fingerprint density at radius 2 is 1.90 bits per heavy atom. The molecule has 0 spiro atoms. The van der Waals surface area contributed by atoms with Crippen molar-refractivity contribution in [2.45, 2.75) is 33.4 Å². The molecule has 1 N–H and O–H groups in total. The number of hydrogen-bond donors (Lipinski definition) is 1. The minimum Gasteiger partial charge on any atom is -0.476 e. The summed E-state index contributed by atoms with van der Waals surface area (Å²) in [7, 11) is 0. The molecule has 0 saturated heterocycles. The molecular formula is C18H22N2O. The van der Waals surface area contributed by atoms with E-state index in [1.54, 1.807) is 6.92 Å². The lowest BCUT2D eigenvalue weighted by molar-refractivity contribution is 0.273. The fourth-order valence-electron chi connectivity index (χ4n) is 2.31. The van der Waals surface area contributed by atoms with E-state index in [1.807, 2.05) is 24.3 Å². The minimum absolute atomic E-state index is 0.449. The van der Waals surface area contributed by atoms with Gasteiger partial charge in [0.2, 0.25) is 0 Å². The molecule has 0 saturated carbocycles. The van der Waals surface area contributed by atoms with E-state index in [4.69, 9.17) is 10.00 Å².